The van der Waals surface area contributed by atoms with E-state index in [1.807, 2.05) is 30.0 Å². The van der Waals surface area contributed by atoms with Crippen molar-refractivity contribution in [3.63, 3.8) is 0 Å². The van der Waals surface area contributed by atoms with Gasteiger partial charge in [0.2, 0.25) is 0 Å². The molecule has 0 bridgehead atoms. The number of pyridine rings is 1. The molecule has 2 atom stereocenters. The molecular formula is C11H17NOS. The van der Waals surface area contributed by atoms with Crippen molar-refractivity contribution in [2.45, 2.75) is 19.4 Å². The highest BCUT2D eigenvalue weighted by Crippen LogP contribution is 2.23. The zero-order chi connectivity index (χ0) is 10.4. The first-order chi connectivity index (χ1) is 6.75. The van der Waals surface area contributed by atoms with Gasteiger partial charge >= 0.3 is 0 Å². The standard InChI is InChI=1S/C11H17NOS/c1-9(6-8-14-2)11(13)10-5-3-4-7-12-10/h3-5,7,9,11,13H,6,8H2,1-2H3. The summed E-state index contributed by atoms with van der Waals surface area (Å²) in [6, 6.07) is 5.65. The van der Waals surface area contributed by atoms with Gasteiger partial charge in [-0.05, 0) is 36.5 Å². The topological polar surface area (TPSA) is 33.1 Å². The molecule has 1 rings (SSSR count). The highest BCUT2D eigenvalue weighted by Gasteiger charge is 2.16. The minimum atomic E-state index is -0.427. The molecule has 1 heterocycles. The average Bonchev–Trinajstić information content (AvgIpc) is 2.26. The van der Waals surface area contributed by atoms with Crippen molar-refractivity contribution >= 4 is 11.8 Å². The predicted octanol–water partition coefficient (Wildman–Crippen LogP) is 2.50. The number of rotatable bonds is 5. The molecule has 0 radical (unpaired) electrons. The van der Waals surface area contributed by atoms with Crippen LogP contribution in [0.4, 0.5) is 0 Å². The van der Waals surface area contributed by atoms with Crippen LogP contribution in [0.15, 0.2) is 24.4 Å². The van der Waals surface area contributed by atoms with E-state index < -0.39 is 6.10 Å². The van der Waals surface area contributed by atoms with Gasteiger partial charge in [0, 0.05) is 6.20 Å². The van der Waals surface area contributed by atoms with Crippen LogP contribution in [-0.2, 0) is 0 Å². The monoisotopic (exact) mass is 211 g/mol. The molecule has 0 spiro atoms. The summed E-state index contributed by atoms with van der Waals surface area (Å²) in [6.07, 6.45) is 4.40. The molecule has 1 N–H and O–H groups in total. The molecule has 0 aliphatic rings. The van der Waals surface area contributed by atoms with Crippen LogP contribution in [0, 0.1) is 5.92 Å². The normalized spacial score (nSPS) is 15.1. The largest absolute Gasteiger partial charge is 0.387 e. The second kappa shape index (κ2) is 6.04. The lowest BCUT2D eigenvalue weighted by Gasteiger charge is -2.17. The first-order valence-corrected chi connectivity index (χ1v) is 6.23. The van der Waals surface area contributed by atoms with E-state index in [4.69, 9.17) is 0 Å². The number of hydrogen-bond acceptors (Lipinski definition) is 3. The zero-order valence-electron chi connectivity index (χ0n) is 8.68. The number of nitrogens with zero attached hydrogens (tertiary/aromatic N) is 1. The molecule has 0 aliphatic carbocycles. The Morgan fingerprint density at radius 2 is 2.29 bits per heavy atom. The zero-order valence-corrected chi connectivity index (χ0v) is 9.50. The van der Waals surface area contributed by atoms with Gasteiger partial charge in [-0.15, -0.1) is 0 Å². The summed E-state index contributed by atoms with van der Waals surface area (Å²) in [5.41, 5.74) is 0.779. The van der Waals surface area contributed by atoms with Crippen LogP contribution in [0.2, 0.25) is 0 Å². The Balaban J connectivity index is 2.52. The number of thioether (sulfide) groups is 1. The molecule has 1 aromatic heterocycles. The maximum absolute atomic E-state index is 9.94. The van der Waals surface area contributed by atoms with Crippen molar-refractivity contribution in [2.75, 3.05) is 12.0 Å². The van der Waals surface area contributed by atoms with Crippen molar-refractivity contribution in [3.8, 4) is 0 Å². The quantitative estimate of drug-likeness (QED) is 0.812. The van der Waals surface area contributed by atoms with E-state index in [0.29, 0.717) is 0 Å². The van der Waals surface area contributed by atoms with Gasteiger partial charge in [0.05, 0.1) is 11.8 Å². The van der Waals surface area contributed by atoms with Gasteiger partial charge in [-0.1, -0.05) is 13.0 Å². The van der Waals surface area contributed by atoms with Crippen LogP contribution in [0.5, 0.6) is 0 Å². The average molecular weight is 211 g/mol. The van der Waals surface area contributed by atoms with E-state index >= 15 is 0 Å². The molecule has 1 aromatic rings. The molecule has 3 heteroatoms. The molecule has 2 unspecified atom stereocenters. The highest BCUT2D eigenvalue weighted by atomic mass is 32.2. The summed E-state index contributed by atoms with van der Waals surface area (Å²) in [4.78, 5) is 4.15. The van der Waals surface area contributed by atoms with Gasteiger partial charge in [0.25, 0.3) is 0 Å². The first kappa shape index (κ1) is 11.5. The number of aliphatic hydroxyl groups excluding tert-OH is 1. The first-order valence-electron chi connectivity index (χ1n) is 4.83. The summed E-state index contributed by atoms with van der Waals surface area (Å²) in [5, 5.41) is 9.94. The lowest BCUT2D eigenvalue weighted by atomic mass is 9.99. The van der Waals surface area contributed by atoms with Crippen LogP contribution in [-0.4, -0.2) is 22.1 Å². The second-order valence-corrected chi connectivity index (χ2v) is 4.44. The fourth-order valence-electron chi connectivity index (χ4n) is 1.30. The third kappa shape index (κ3) is 3.31. The predicted molar refractivity (Wildman–Crippen MR) is 61.4 cm³/mol. The van der Waals surface area contributed by atoms with E-state index in [-0.39, 0.29) is 5.92 Å². The van der Waals surface area contributed by atoms with E-state index in [2.05, 4.69) is 18.2 Å². The Morgan fingerprint density at radius 1 is 1.50 bits per heavy atom. The van der Waals surface area contributed by atoms with E-state index in [0.717, 1.165) is 17.9 Å². The minimum absolute atomic E-state index is 0.275. The van der Waals surface area contributed by atoms with Crippen molar-refractivity contribution in [3.05, 3.63) is 30.1 Å². The Bertz CT molecular complexity index is 253. The third-order valence-electron chi connectivity index (χ3n) is 2.31. The number of aliphatic hydroxyl groups is 1. The minimum Gasteiger partial charge on any atom is -0.387 e. The van der Waals surface area contributed by atoms with Crippen molar-refractivity contribution < 1.29 is 5.11 Å². The Kier molecular flexibility index (Phi) is 4.98. The van der Waals surface area contributed by atoms with Gasteiger partial charge in [-0.2, -0.15) is 11.8 Å². The molecule has 2 nitrogen and oxygen atoms in total. The summed E-state index contributed by atoms with van der Waals surface area (Å²) in [5.74, 6) is 1.36. The lowest BCUT2D eigenvalue weighted by Crippen LogP contribution is -2.11. The Hall–Kier alpha value is -0.540. The fourth-order valence-corrected chi connectivity index (χ4v) is 1.91. The maximum Gasteiger partial charge on any atom is 0.0985 e. The molecule has 0 saturated carbocycles. The molecule has 0 aliphatic heterocycles. The van der Waals surface area contributed by atoms with E-state index in [9.17, 15) is 5.11 Å². The molecule has 78 valence electrons. The SMILES string of the molecule is CSCCC(C)C(O)c1ccccn1. The summed E-state index contributed by atoms with van der Waals surface area (Å²) in [7, 11) is 0. The highest BCUT2D eigenvalue weighted by molar-refractivity contribution is 7.98. The van der Waals surface area contributed by atoms with Crippen molar-refractivity contribution in [1.82, 2.24) is 4.98 Å². The smallest absolute Gasteiger partial charge is 0.0985 e. The molecule has 0 fully saturated rings. The summed E-state index contributed by atoms with van der Waals surface area (Å²) >= 11 is 1.81. The van der Waals surface area contributed by atoms with Crippen LogP contribution in [0.3, 0.4) is 0 Å². The van der Waals surface area contributed by atoms with Crippen LogP contribution >= 0.6 is 11.8 Å². The molecule has 0 amide bonds. The van der Waals surface area contributed by atoms with Crippen molar-refractivity contribution in [2.24, 2.45) is 5.92 Å². The summed E-state index contributed by atoms with van der Waals surface area (Å²) in [6.45, 7) is 2.07. The van der Waals surface area contributed by atoms with Crippen LogP contribution < -0.4 is 0 Å². The fraction of sp³-hybridized carbons (Fsp3) is 0.545. The van der Waals surface area contributed by atoms with Crippen LogP contribution in [0.25, 0.3) is 0 Å². The number of aromatic nitrogens is 1. The van der Waals surface area contributed by atoms with E-state index in [1.54, 1.807) is 6.20 Å². The lowest BCUT2D eigenvalue weighted by molar-refractivity contribution is 0.112. The van der Waals surface area contributed by atoms with Gasteiger partial charge in [-0.25, -0.2) is 0 Å². The van der Waals surface area contributed by atoms with Crippen molar-refractivity contribution in [1.29, 1.82) is 0 Å². The van der Waals surface area contributed by atoms with Gasteiger partial charge in [0.15, 0.2) is 0 Å². The maximum atomic E-state index is 9.94. The van der Waals surface area contributed by atoms with Gasteiger partial charge < -0.3 is 5.11 Å². The van der Waals surface area contributed by atoms with Gasteiger partial charge in [-0.3, -0.25) is 4.98 Å². The van der Waals surface area contributed by atoms with Gasteiger partial charge in [0.1, 0.15) is 0 Å². The molecule has 0 saturated heterocycles. The summed E-state index contributed by atoms with van der Waals surface area (Å²) < 4.78 is 0. The molecule has 14 heavy (non-hydrogen) atoms. The molecule has 0 aromatic carbocycles. The number of hydrogen-bond donors (Lipinski definition) is 1. The second-order valence-electron chi connectivity index (χ2n) is 3.46. The Labute approximate surface area is 89.8 Å². The van der Waals surface area contributed by atoms with Crippen LogP contribution in [0.1, 0.15) is 25.1 Å². The Morgan fingerprint density at radius 3 is 2.86 bits per heavy atom. The van der Waals surface area contributed by atoms with E-state index in [1.165, 1.54) is 0 Å². The third-order valence-corrected chi connectivity index (χ3v) is 2.95. The molecular weight excluding hydrogens is 194 g/mol.